The van der Waals surface area contributed by atoms with Crippen molar-refractivity contribution in [3.63, 3.8) is 0 Å². The monoisotopic (exact) mass is 507 g/mol. The summed E-state index contributed by atoms with van der Waals surface area (Å²) in [7, 11) is 0. The average molecular weight is 507 g/mol. The number of unbranched alkanes of at least 4 members (excludes halogenated alkanes) is 18. The van der Waals surface area contributed by atoms with Crippen LogP contribution in [-0.2, 0) is 0 Å². The highest BCUT2D eigenvalue weighted by Gasteiger charge is 2.06. The molecule has 0 radical (unpaired) electrons. The maximum atomic E-state index is 2.51. The molecule has 0 amide bonds. The molecule has 0 saturated heterocycles. The lowest BCUT2D eigenvalue weighted by Crippen LogP contribution is -1.98. The van der Waals surface area contributed by atoms with Gasteiger partial charge in [0.25, 0.3) is 0 Å². The molecule has 0 saturated carbocycles. The van der Waals surface area contributed by atoms with E-state index in [4.69, 9.17) is 0 Å². The van der Waals surface area contributed by atoms with Gasteiger partial charge in [-0.15, -0.1) is 0 Å². The lowest BCUT2D eigenvalue weighted by molar-refractivity contribution is 0.404. The Morgan fingerprint density at radius 2 is 0.417 bits per heavy atom. The van der Waals surface area contributed by atoms with E-state index in [0.717, 1.165) is 17.8 Å². The maximum absolute atomic E-state index is 2.51. The van der Waals surface area contributed by atoms with Gasteiger partial charge in [-0.3, -0.25) is 0 Å². The van der Waals surface area contributed by atoms with E-state index in [2.05, 4.69) is 34.6 Å². The van der Waals surface area contributed by atoms with Gasteiger partial charge in [0.15, 0.2) is 0 Å². The zero-order chi connectivity index (χ0) is 26.5. The average Bonchev–Trinajstić information content (AvgIpc) is 2.87. The van der Waals surface area contributed by atoms with Crippen LogP contribution in [0.25, 0.3) is 0 Å². The lowest BCUT2D eigenvalue weighted by Gasteiger charge is -2.13. The van der Waals surface area contributed by atoms with E-state index in [0.29, 0.717) is 0 Å². The van der Waals surface area contributed by atoms with Crippen LogP contribution < -0.4 is 0 Å². The second-order valence-electron chi connectivity index (χ2n) is 13.1. The van der Waals surface area contributed by atoms with Gasteiger partial charge in [-0.05, 0) is 17.8 Å². The standard InChI is InChI=1S/C36H74/c1-6-8-10-12-14-15-18-23-29-34(3)30-24-19-16-20-25-31-36(5)33-27-21-26-32-35(4)28-22-17-13-11-9-7-2/h34-36H,6-33H2,1-5H3. The Kier molecular flexibility index (Phi) is 29.6. The van der Waals surface area contributed by atoms with Crippen molar-refractivity contribution in [3.05, 3.63) is 0 Å². The van der Waals surface area contributed by atoms with E-state index >= 15 is 0 Å². The minimum Gasteiger partial charge on any atom is -0.0654 e. The van der Waals surface area contributed by atoms with Gasteiger partial charge in [0.1, 0.15) is 0 Å². The second kappa shape index (κ2) is 29.6. The van der Waals surface area contributed by atoms with Gasteiger partial charge in [-0.1, -0.05) is 214 Å². The third-order valence-corrected chi connectivity index (χ3v) is 8.89. The molecule has 0 heterocycles. The highest BCUT2D eigenvalue weighted by molar-refractivity contribution is 4.59. The Morgan fingerprint density at radius 1 is 0.250 bits per heavy atom. The summed E-state index contributed by atoms with van der Waals surface area (Å²) in [6.45, 7) is 12.1. The summed E-state index contributed by atoms with van der Waals surface area (Å²) in [6, 6.07) is 0. The van der Waals surface area contributed by atoms with Gasteiger partial charge < -0.3 is 0 Å². The van der Waals surface area contributed by atoms with Crippen LogP contribution in [0.4, 0.5) is 0 Å². The highest BCUT2D eigenvalue weighted by Crippen LogP contribution is 2.22. The van der Waals surface area contributed by atoms with Crippen molar-refractivity contribution in [1.82, 2.24) is 0 Å². The minimum absolute atomic E-state index is 0.956. The van der Waals surface area contributed by atoms with Crippen molar-refractivity contribution < 1.29 is 0 Å². The van der Waals surface area contributed by atoms with E-state index < -0.39 is 0 Å². The van der Waals surface area contributed by atoms with Crippen LogP contribution in [0.15, 0.2) is 0 Å². The van der Waals surface area contributed by atoms with Crippen LogP contribution in [0, 0.1) is 17.8 Å². The number of hydrogen-bond acceptors (Lipinski definition) is 0. The van der Waals surface area contributed by atoms with Gasteiger partial charge in [0.05, 0.1) is 0 Å². The topological polar surface area (TPSA) is 0 Å². The van der Waals surface area contributed by atoms with Crippen molar-refractivity contribution in [3.8, 4) is 0 Å². The number of rotatable bonds is 30. The van der Waals surface area contributed by atoms with E-state index in [1.165, 1.54) is 180 Å². The SMILES string of the molecule is CCCCCCCCCCC(C)CCCCCCCC(C)CCCCCC(C)CCCCCCCC. The Bertz CT molecular complexity index is 385. The van der Waals surface area contributed by atoms with E-state index in [9.17, 15) is 0 Å². The third-order valence-electron chi connectivity index (χ3n) is 8.89. The molecule has 0 aliphatic carbocycles. The Morgan fingerprint density at radius 3 is 0.639 bits per heavy atom. The lowest BCUT2D eigenvalue weighted by atomic mass is 9.93. The summed E-state index contributed by atoms with van der Waals surface area (Å²) < 4.78 is 0. The molecule has 0 N–H and O–H groups in total. The highest BCUT2D eigenvalue weighted by atomic mass is 14.1. The van der Waals surface area contributed by atoms with Crippen molar-refractivity contribution in [2.45, 2.75) is 214 Å². The first-order valence-corrected chi connectivity index (χ1v) is 17.6. The zero-order valence-electron chi connectivity index (χ0n) is 26.5. The molecule has 3 unspecified atom stereocenters. The fourth-order valence-corrected chi connectivity index (χ4v) is 6.01. The molecule has 0 aliphatic heterocycles. The molecule has 0 rings (SSSR count). The van der Waals surface area contributed by atoms with Gasteiger partial charge in [-0.25, -0.2) is 0 Å². The molecule has 0 aromatic heterocycles. The largest absolute Gasteiger partial charge is 0.0654 e. The fourth-order valence-electron chi connectivity index (χ4n) is 6.01. The molecule has 0 aromatic rings. The summed E-state index contributed by atoms with van der Waals surface area (Å²) in [5, 5.41) is 0. The molecule has 0 nitrogen and oxygen atoms in total. The molecule has 218 valence electrons. The van der Waals surface area contributed by atoms with E-state index in [1.807, 2.05) is 0 Å². The zero-order valence-corrected chi connectivity index (χ0v) is 26.5. The van der Waals surface area contributed by atoms with E-state index in [-0.39, 0.29) is 0 Å². The van der Waals surface area contributed by atoms with Crippen LogP contribution in [0.2, 0.25) is 0 Å². The fraction of sp³-hybridized carbons (Fsp3) is 1.00. The van der Waals surface area contributed by atoms with Crippen molar-refractivity contribution in [2.24, 2.45) is 17.8 Å². The molecule has 0 heteroatoms. The van der Waals surface area contributed by atoms with Gasteiger partial charge in [-0.2, -0.15) is 0 Å². The second-order valence-corrected chi connectivity index (χ2v) is 13.1. The molecule has 3 atom stereocenters. The quantitative estimate of drug-likeness (QED) is 0.0849. The predicted molar refractivity (Wildman–Crippen MR) is 168 cm³/mol. The third kappa shape index (κ3) is 28.6. The first-order chi connectivity index (χ1) is 17.6. The molecule has 0 aliphatic rings. The minimum atomic E-state index is 0.956. The van der Waals surface area contributed by atoms with Crippen molar-refractivity contribution >= 4 is 0 Å². The molecular weight excluding hydrogens is 432 g/mol. The van der Waals surface area contributed by atoms with Crippen molar-refractivity contribution in [2.75, 3.05) is 0 Å². The van der Waals surface area contributed by atoms with Gasteiger partial charge in [0.2, 0.25) is 0 Å². The molecule has 0 aromatic carbocycles. The van der Waals surface area contributed by atoms with Gasteiger partial charge in [0, 0.05) is 0 Å². The van der Waals surface area contributed by atoms with E-state index in [1.54, 1.807) is 0 Å². The van der Waals surface area contributed by atoms with Crippen LogP contribution in [0.3, 0.4) is 0 Å². The smallest absolute Gasteiger partial charge is 0.0443 e. The van der Waals surface area contributed by atoms with Crippen LogP contribution >= 0.6 is 0 Å². The first kappa shape index (κ1) is 36.0. The summed E-state index contributed by atoms with van der Waals surface area (Å²) >= 11 is 0. The summed E-state index contributed by atoms with van der Waals surface area (Å²) in [6.07, 6.45) is 41.0. The Balaban J connectivity index is 3.33. The van der Waals surface area contributed by atoms with Crippen molar-refractivity contribution in [1.29, 1.82) is 0 Å². The van der Waals surface area contributed by atoms with Crippen LogP contribution in [-0.4, -0.2) is 0 Å². The molecule has 0 fully saturated rings. The number of hydrogen-bond donors (Lipinski definition) is 0. The first-order valence-electron chi connectivity index (χ1n) is 17.6. The van der Waals surface area contributed by atoms with Crippen LogP contribution in [0.1, 0.15) is 214 Å². The van der Waals surface area contributed by atoms with Gasteiger partial charge >= 0.3 is 0 Å². The summed E-state index contributed by atoms with van der Waals surface area (Å²) in [4.78, 5) is 0. The molecule has 0 bridgehead atoms. The predicted octanol–water partition coefficient (Wildman–Crippen LogP) is 13.9. The molecule has 36 heavy (non-hydrogen) atoms. The summed E-state index contributed by atoms with van der Waals surface area (Å²) in [5.74, 6) is 2.88. The normalized spacial score (nSPS) is 14.2. The Labute approximate surface area is 232 Å². The molecule has 0 spiro atoms. The maximum Gasteiger partial charge on any atom is -0.0443 e. The van der Waals surface area contributed by atoms with Crippen LogP contribution in [0.5, 0.6) is 0 Å². The molecular formula is C36H74. The Hall–Kier alpha value is 0. The summed E-state index contributed by atoms with van der Waals surface area (Å²) in [5.41, 5.74) is 0.